The highest BCUT2D eigenvalue weighted by molar-refractivity contribution is 5.88. The number of carboxylic acids is 3. The van der Waals surface area contributed by atoms with E-state index < -0.39 is 36.4 Å². The van der Waals surface area contributed by atoms with Crippen molar-refractivity contribution in [2.24, 2.45) is 0 Å². The number of carboxylic acid groups (broad SMARTS) is 3. The van der Waals surface area contributed by atoms with Gasteiger partial charge in [-0.2, -0.15) is 0 Å². The molecule has 43 heavy (non-hydrogen) atoms. The van der Waals surface area contributed by atoms with Crippen molar-refractivity contribution < 1.29 is 43.9 Å². The van der Waals surface area contributed by atoms with Crippen LogP contribution in [0.3, 0.4) is 0 Å². The molecular formula is C30H33FN4O8. The zero-order chi connectivity index (χ0) is 31.4. The Balaban J connectivity index is 0.000000331. The Morgan fingerprint density at radius 1 is 1.00 bits per heavy atom. The van der Waals surface area contributed by atoms with Crippen molar-refractivity contribution in [3.8, 4) is 5.75 Å². The van der Waals surface area contributed by atoms with Crippen LogP contribution < -0.4 is 4.74 Å². The lowest BCUT2D eigenvalue weighted by Crippen LogP contribution is -2.42. The van der Waals surface area contributed by atoms with Crippen LogP contribution in [0.15, 0.2) is 73.3 Å². The van der Waals surface area contributed by atoms with Gasteiger partial charge >= 0.3 is 17.9 Å². The number of halogens is 1. The SMILES string of the molecule is COc1ccc2nc(CN(CCCn3ccnc3)Cc3cccc(F)c3)ccc2c1.O=C(O)CC(O)(CC(=O)O)C(=O)O. The molecule has 0 aliphatic carbocycles. The van der Waals surface area contributed by atoms with Gasteiger partial charge in [-0.15, -0.1) is 0 Å². The van der Waals surface area contributed by atoms with Crippen molar-refractivity contribution in [3.05, 3.63) is 90.4 Å². The summed E-state index contributed by atoms with van der Waals surface area (Å²) < 4.78 is 21.0. The number of hydrogen-bond donors (Lipinski definition) is 4. The summed E-state index contributed by atoms with van der Waals surface area (Å²) >= 11 is 0. The summed E-state index contributed by atoms with van der Waals surface area (Å²) in [5.41, 5.74) is 0.157. The van der Waals surface area contributed by atoms with Gasteiger partial charge in [0.2, 0.25) is 0 Å². The minimum Gasteiger partial charge on any atom is -0.497 e. The molecule has 0 saturated carbocycles. The Bertz CT molecular complexity index is 1510. The molecule has 4 N–H and O–H groups in total. The van der Waals surface area contributed by atoms with Gasteiger partial charge in [0.1, 0.15) is 11.6 Å². The second kappa shape index (κ2) is 15.4. The third kappa shape index (κ3) is 10.5. The summed E-state index contributed by atoms with van der Waals surface area (Å²) in [5.74, 6) is -4.40. The quantitative estimate of drug-likeness (QED) is 0.168. The molecule has 0 aliphatic heterocycles. The van der Waals surface area contributed by atoms with Gasteiger partial charge in [-0.1, -0.05) is 18.2 Å². The minimum absolute atomic E-state index is 0.205. The van der Waals surface area contributed by atoms with Crippen LogP contribution >= 0.6 is 0 Å². The molecule has 0 unspecified atom stereocenters. The van der Waals surface area contributed by atoms with Gasteiger partial charge in [0.15, 0.2) is 5.60 Å². The second-order valence-electron chi connectivity index (χ2n) is 9.83. The first-order chi connectivity index (χ1) is 20.5. The summed E-state index contributed by atoms with van der Waals surface area (Å²) in [6.07, 6.45) is 4.27. The lowest BCUT2D eigenvalue weighted by Gasteiger charge is -2.22. The summed E-state index contributed by atoms with van der Waals surface area (Å²) in [7, 11) is 1.66. The van der Waals surface area contributed by atoms with E-state index in [1.54, 1.807) is 25.4 Å². The molecule has 13 heteroatoms. The number of benzene rings is 2. The number of fused-ring (bicyclic) bond motifs is 1. The third-order valence-corrected chi connectivity index (χ3v) is 6.37. The highest BCUT2D eigenvalue weighted by Gasteiger charge is 2.40. The fourth-order valence-electron chi connectivity index (χ4n) is 4.31. The van der Waals surface area contributed by atoms with E-state index in [1.165, 1.54) is 6.07 Å². The lowest BCUT2D eigenvalue weighted by atomic mass is 9.96. The molecule has 4 rings (SSSR count). The fraction of sp³-hybridized carbons (Fsp3) is 0.300. The van der Waals surface area contributed by atoms with Gasteiger partial charge in [0, 0.05) is 44.0 Å². The Hall–Kier alpha value is -4.88. The standard InChI is InChI=1S/C24H25FN4O.C6H8O7/c1-30-23-8-9-24-20(15-23)6-7-22(27-24)17-29(12-3-11-28-13-10-26-18-28)16-19-4-2-5-21(25)14-19;7-3(8)1-6(13,5(11)12)2-4(9)10/h2,4-10,13-15,18H,3,11-12,16-17H2,1H3;13H,1-2H2,(H,7,8)(H,9,10)(H,11,12). The molecule has 0 saturated heterocycles. The summed E-state index contributed by atoms with van der Waals surface area (Å²) in [6.45, 7) is 3.13. The van der Waals surface area contributed by atoms with E-state index in [1.807, 2.05) is 36.8 Å². The Labute approximate surface area is 246 Å². The number of pyridine rings is 1. The average molecular weight is 597 g/mol. The number of aryl methyl sites for hydroxylation is 1. The van der Waals surface area contributed by atoms with E-state index in [2.05, 4.69) is 26.6 Å². The summed E-state index contributed by atoms with van der Waals surface area (Å²) in [4.78, 5) is 41.7. The first-order valence-corrected chi connectivity index (χ1v) is 13.2. The summed E-state index contributed by atoms with van der Waals surface area (Å²) in [5, 5.41) is 34.9. The maximum absolute atomic E-state index is 13.7. The first-order valence-electron chi connectivity index (χ1n) is 13.2. The molecule has 228 valence electrons. The van der Waals surface area contributed by atoms with Crippen LogP contribution in [0.5, 0.6) is 5.75 Å². The number of hydrogen-bond acceptors (Lipinski definition) is 8. The van der Waals surface area contributed by atoms with Crippen molar-refractivity contribution in [2.75, 3.05) is 13.7 Å². The average Bonchev–Trinajstić information content (AvgIpc) is 3.46. The molecule has 0 radical (unpaired) electrons. The number of aromatic nitrogens is 3. The van der Waals surface area contributed by atoms with E-state index in [9.17, 15) is 18.8 Å². The topological polar surface area (TPSA) is 175 Å². The molecule has 0 aliphatic rings. The number of rotatable bonds is 14. The predicted molar refractivity (Wildman–Crippen MR) is 153 cm³/mol. The van der Waals surface area contributed by atoms with Crippen molar-refractivity contribution in [1.29, 1.82) is 0 Å². The van der Waals surface area contributed by atoms with Crippen LogP contribution in [0.2, 0.25) is 0 Å². The van der Waals surface area contributed by atoms with Gasteiger partial charge in [-0.25, -0.2) is 14.2 Å². The minimum atomic E-state index is -2.74. The lowest BCUT2D eigenvalue weighted by molar-refractivity contribution is -0.170. The molecule has 0 bridgehead atoms. The molecule has 2 aromatic heterocycles. The monoisotopic (exact) mass is 596 g/mol. The smallest absolute Gasteiger partial charge is 0.336 e. The molecule has 2 heterocycles. The molecule has 12 nitrogen and oxygen atoms in total. The normalized spacial score (nSPS) is 11.2. The van der Waals surface area contributed by atoms with E-state index in [0.717, 1.165) is 47.4 Å². The molecular weight excluding hydrogens is 563 g/mol. The predicted octanol–water partition coefficient (Wildman–Crippen LogP) is 3.42. The Morgan fingerprint density at radius 2 is 1.74 bits per heavy atom. The van der Waals surface area contributed by atoms with Crippen molar-refractivity contribution >= 4 is 28.8 Å². The van der Waals surface area contributed by atoms with Crippen LogP contribution in [-0.2, 0) is 34.0 Å². The highest BCUT2D eigenvalue weighted by atomic mass is 19.1. The number of methoxy groups -OCH3 is 1. The van der Waals surface area contributed by atoms with Crippen molar-refractivity contribution in [3.63, 3.8) is 0 Å². The van der Waals surface area contributed by atoms with Gasteiger partial charge in [-0.3, -0.25) is 19.5 Å². The third-order valence-electron chi connectivity index (χ3n) is 6.37. The Morgan fingerprint density at radius 3 is 2.35 bits per heavy atom. The molecule has 0 fully saturated rings. The number of ether oxygens (including phenoxy) is 1. The molecule has 4 aromatic rings. The molecule has 0 amide bonds. The number of carbonyl (C=O) groups is 3. The molecule has 0 atom stereocenters. The fourth-order valence-corrected chi connectivity index (χ4v) is 4.31. The second-order valence-corrected chi connectivity index (χ2v) is 9.83. The van der Waals surface area contributed by atoms with Gasteiger partial charge in [-0.05, 0) is 48.4 Å². The van der Waals surface area contributed by atoms with E-state index in [4.69, 9.17) is 30.1 Å². The molecule has 2 aromatic carbocycles. The maximum Gasteiger partial charge on any atom is 0.336 e. The van der Waals surface area contributed by atoms with Gasteiger partial charge in [0.25, 0.3) is 0 Å². The number of nitrogens with zero attached hydrogens (tertiary/aromatic N) is 4. The first kappa shape index (κ1) is 32.6. The van der Waals surface area contributed by atoms with Crippen LogP contribution in [0, 0.1) is 5.82 Å². The van der Waals surface area contributed by atoms with E-state index >= 15 is 0 Å². The van der Waals surface area contributed by atoms with Crippen LogP contribution in [0.1, 0.15) is 30.5 Å². The van der Waals surface area contributed by atoms with Crippen LogP contribution in [-0.4, -0.2) is 77.0 Å². The van der Waals surface area contributed by atoms with Crippen molar-refractivity contribution in [1.82, 2.24) is 19.4 Å². The number of imidazole rings is 1. The van der Waals surface area contributed by atoms with Crippen molar-refractivity contribution in [2.45, 2.75) is 44.5 Å². The number of aliphatic carboxylic acids is 3. The van der Waals surface area contributed by atoms with Gasteiger partial charge in [0.05, 0.1) is 37.5 Å². The maximum atomic E-state index is 13.7. The van der Waals surface area contributed by atoms with Gasteiger partial charge < -0.3 is 29.7 Å². The van der Waals surface area contributed by atoms with Crippen LogP contribution in [0.4, 0.5) is 4.39 Å². The van der Waals surface area contributed by atoms with E-state index in [0.29, 0.717) is 13.1 Å². The van der Waals surface area contributed by atoms with E-state index in [-0.39, 0.29) is 5.82 Å². The zero-order valence-corrected chi connectivity index (χ0v) is 23.5. The highest BCUT2D eigenvalue weighted by Crippen LogP contribution is 2.21. The zero-order valence-electron chi connectivity index (χ0n) is 23.5. The summed E-state index contributed by atoms with van der Waals surface area (Å²) in [6, 6.07) is 16.8. The molecule has 0 spiro atoms. The van der Waals surface area contributed by atoms with Crippen LogP contribution in [0.25, 0.3) is 10.9 Å². The largest absolute Gasteiger partial charge is 0.497 e. The Kier molecular flexibility index (Phi) is 11.7. The number of aliphatic hydroxyl groups is 1.